The number of pyridine rings is 1. The molecule has 0 aliphatic heterocycles. The molecule has 4 nitrogen and oxygen atoms in total. The molecular formula is C12H20N2O2S. The van der Waals surface area contributed by atoms with E-state index in [1.165, 1.54) is 0 Å². The van der Waals surface area contributed by atoms with Gasteiger partial charge in [0, 0.05) is 12.8 Å². The zero-order valence-corrected chi connectivity index (χ0v) is 11.2. The Morgan fingerprint density at radius 1 is 1.47 bits per heavy atom. The van der Waals surface area contributed by atoms with E-state index in [4.69, 9.17) is 10.5 Å². The Morgan fingerprint density at radius 3 is 2.88 bits per heavy atom. The van der Waals surface area contributed by atoms with Crippen LogP contribution in [0.15, 0.2) is 23.4 Å². The third-order valence-electron chi connectivity index (χ3n) is 2.27. The van der Waals surface area contributed by atoms with Crippen LogP contribution in [0.5, 0.6) is 0 Å². The third kappa shape index (κ3) is 5.28. The summed E-state index contributed by atoms with van der Waals surface area (Å²) in [7, 11) is -1.17. The maximum Gasteiger partial charge on any atom is 0.150 e. The van der Waals surface area contributed by atoms with Crippen molar-refractivity contribution in [2.45, 2.75) is 25.3 Å². The van der Waals surface area contributed by atoms with Crippen LogP contribution >= 0.6 is 0 Å². The van der Waals surface area contributed by atoms with Crippen molar-refractivity contribution >= 4 is 16.5 Å². The number of nitrogens with two attached hydrogens (primary N) is 1. The Morgan fingerprint density at radius 2 is 2.24 bits per heavy atom. The minimum absolute atomic E-state index is 0.444. The lowest BCUT2D eigenvalue weighted by Crippen LogP contribution is -2.10. The van der Waals surface area contributed by atoms with E-state index in [1.54, 1.807) is 18.3 Å². The summed E-state index contributed by atoms with van der Waals surface area (Å²) < 4.78 is 17.3. The Hall–Kier alpha value is -0.940. The molecule has 1 aromatic rings. The summed E-state index contributed by atoms with van der Waals surface area (Å²) in [4.78, 5) is 4.02. The van der Waals surface area contributed by atoms with Crippen molar-refractivity contribution in [2.75, 3.05) is 24.7 Å². The highest BCUT2D eigenvalue weighted by Gasteiger charge is 2.08. The first-order valence-corrected chi connectivity index (χ1v) is 7.09. The predicted molar refractivity (Wildman–Crippen MR) is 70.2 cm³/mol. The van der Waals surface area contributed by atoms with E-state index < -0.39 is 10.8 Å². The molecule has 0 aliphatic rings. The molecule has 1 unspecified atom stereocenters. The molecule has 0 saturated carbocycles. The molecule has 1 rings (SSSR count). The number of nitrogen functional groups attached to an aromatic ring is 1. The van der Waals surface area contributed by atoms with Crippen LogP contribution in [0.3, 0.4) is 0 Å². The molecule has 0 fully saturated rings. The lowest BCUT2D eigenvalue weighted by molar-refractivity contribution is 0.138. The van der Waals surface area contributed by atoms with Crippen LogP contribution in [0.2, 0.25) is 0 Å². The minimum atomic E-state index is -1.17. The normalized spacial score (nSPS) is 12.9. The highest BCUT2D eigenvalue weighted by atomic mass is 32.2. The molecule has 0 radical (unpaired) electrons. The second-order valence-corrected chi connectivity index (χ2v) is 5.73. The van der Waals surface area contributed by atoms with Crippen LogP contribution in [-0.4, -0.2) is 28.2 Å². The van der Waals surface area contributed by atoms with Crippen molar-refractivity contribution in [3.8, 4) is 0 Å². The van der Waals surface area contributed by atoms with Gasteiger partial charge in [-0.25, -0.2) is 4.98 Å². The van der Waals surface area contributed by atoms with Crippen LogP contribution in [0.1, 0.15) is 20.3 Å². The van der Waals surface area contributed by atoms with Gasteiger partial charge in [-0.05, 0) is 24.5 Å². The molecule has 5 heteroatoms. The highest BCUT2D eigenvalue weighted by Crippen LogP contribution is 2.12. The first-order chi connectivity index (χ1) is 8.11. The highest BCUT2D eigenvalue weighted by molar-refractivity contribution is 7.85. The summed E-state index contributed by atoms with van der Waals surface area (Å²) in [6.45, 7) is 5.49. The summed E-state index contributed by atoms with van der Waals surface area (Å²) in [5.41, 5.74) is 6.17. The fourth-order valence-corrected chi connectivity index (χ4v) is 2.22. The van der Waals surface area contributed by atoms with Gasteiger partial charge >= 0.3 is 0 Å². The van der Waals surface area contributed by atoms with Crippen molar-refractivity contribution < 1.29 is 8.95 Å². The molecule has 0 spiro atoms. The molecular weight excluding hydrogens is 236 g/mol. The van der Waals surface area contributed by atoms with Gasteiger partial charge in [0.1, 0.15) is 5.03 Å². The molecule has 1 aromatic heterocycles. The van der Waals surface area contributed by atoms with Crippen molar-refractivity contribution in [2.24, 2.45) is 5.92 Å². The van der Waals surface area contributed by atoms with Gasteiger partial charge in [0.2, 0.25) is 0 Å². The predicted octanol–water partition coefficient (Wildman–Crippen LogP) is 1.83. The second-order valence-electron chi connectivity index (χ2n) is 4.24. The first kappa shape index (κ1) is 14.1. The number of hydrogen-bond acceptors (Lipinski definition) is 4. The van der Waals surface area contributed by atoms with Crippen molar-refractivity contribution in [3.63, 3.8) is 0 Å². The zero-order valence-electron chi connectivity index (χ0n) is 10.4. The molecule has 0 aromatic carbocycles. The van der Waals surface area contributed by atoms with Gasteiger partial charge in [0.25, 0.3) is 0 Å². The number of anilines is 1. The molecule has 0 saturated heterocycles. The summed E-state index contributed by atoms with van der Waals surface area (Å²) in [5, 5.41) is 0.458. The zero-order chi connectivity index (χ0) is 12.7. The Labute approximate surface area is 105 Å². The van der Waals surface area contributed by atoms with Gasteiger partial charge in [0.15, 0.2) is 0 Å². The lowest BCUT2D eigenvalue weighted by Gasteiger charge is -2.07. The Bertz CT molecular complexity index is 369. The molecule has 0 aliphatic carbocycles. The first-order valence-electron chi connectivity index (χ1n) is 5.78. The Balaban J connectivity index is 2.29. The van der Waals surface area contributed by atoms with E-state index >= 15 is 0 Å². The van der Waals surface area contributed by atoms with Crippen LogP contribution in [0.4, 0.5) is 5.69 Å². The van der Waals surface area contributed by atoms with Crippen LogP contribution in [0.25, 0.3) is 0 Å². The Kier molecular flexibility index (Phi) is 6.15. The van der Waals surface area contributed by atoms with Gasteiger partial charge in [-0.15, -0.1) is 0 Å². The van der Waals surface area contributed by atoms with E-state index in [0.717, 1.165) is 6.42 Å². The van der Waals surface area contributed by atoms with Crippen molar-refractivity contribution in [1.29, 1.82) is 0 Å². The summed E-state index contributed by atoms with van der Waals surface area (Å²) in [6, 6.07) is 3.44. The molecule has 1 atom stereocenters. The molecule has 1 heterocycles. The average molecular weight is 256 g/mol. The van der Waals surface area contributed by atoms with Crippen molar-refractivity contribution in [3.05, 3.63) is 18.3 Å². The minimum Gasteiger partial charge on any atom is -0.396 e. The molecule has 0 amide bonds. The monoisotopic (exact) mass is 256 g/mol. The maximum absolute atomic E-state index is 11.9. The molecule has 96 valence electrons. The van der Waals surface area contributed by atoms with Crippen LogP contribution in [-0.2, 0) is 15.5 Å². The fraction of sp³-hybridized carbons (Fsp3) is 0.583. The number of nitrogens with zero attached hydrogens (tertiary/aromatic N) is 1. The molecule has 17 heavy (non-hydrogen) atoms. The van der Waals surface area contributed by atoms with Crippen molar-refractivity contribution in [1.82, 2.24) is 4.98 Å². The lowest BCUT2D eigenvalue weighted by atomic mass is 10.1. The quantitative estimate of drug-likeness (QED) is 0.756. The van der Waals surface area contributed by atoms with E-state index in [2.05, 4.69) is 18.8 Å². The van der Waals surface area contributed by atoms with Crippen LogP contribution in [0, 0.1) is 5.92 Å². The van der Waals surface area contributed by atoms with Gasteiger partial charge in [0.05, 0.1) is 28.8 Å². The maximum atomic E-state index is 11.9. The molecule has 0 bridgehead atoms. The van der Waals surface area contributed by atoms with Gasteiger partial charge in [-0.2, -0.15) is 0 Å². The van der Waals surface area contributed by atoms with E-state index in [1.807, 2.05) is 0 Å². The summed E-state index contributed by atoms with van der Waals surface area (Å²) in [5.74, 6) is 1.08. The SMILES string of the molecule is CC(C)CCOCCS(=O)c1ncccc1N. The topological polar surface area (TPSA) is 65.2 Å². The standard InChI is InChI=1S/C12H20N2O2S/c1-10(2)5-7-16-8-9-17(15)12-11(13)4-3-6-14-12/h3-4,6,10H,5,7-9,13H2,1-2H3. The van der Waals surface area contributed by atoms with E-state index in [9.17, 15) is 4.21 Å². The number of hydrogen-bond donors (Lipinski definition) is 1. The number of rotatable bonds is 7. The summed E-state index contributed by atoms with van der Waals surface area (Å²) in [6.07, 6.45) is 2.63. The summed E-state index contributed by atoms with van der Waals surface area (Å²) >= 11 is 0. The van der Waals surface area contributed by atoms with Gasteiger partial charge in [-0.3, -0.25) is 4.21 Å². The van der Waals surface area contributed by atoms with E-state index in [-0.39, 0.29) is 0 Å². The van der Waals surface area contributed by atoms with Crippen LogP contribution < -0.4 is 5.73 Å². The fourth-order valence-electron chi connectivity index (χ4n) is 1.25. The number of aromatic nitrogens is 1. The van der Waals surface area contributed by atoms with Gasteiger partial charge in [-0.1, -0.05) is 13.8 Å². The van der Waals surface area contributed by atoms with Gasteiger partial charge < -0.3 is 10.5 Å². The average Bonchev–Trinajstić information content (AvgIpc) is 2.28. The largest absolute Gasteiger partial charge is 0.396 e. The third-order valence-corrected chi connectivity index (χ3v) is 3.58. The number of ether oxygens (including phenoxy) is 1. The van der Waals surface area contributed by atoms with E-state index in [0.29, 0.717) is 35.6 Å². The second kappa shape index (κ2) is 7.40. The molecule has 2 N–H and O–H groups in total. The smallest absolute Gasteiger partial charge is 0.150 e.